The van der Waals surface area contributed by atoms with Crippen molar-refractivity contribution in [3.63, 3.8) is 0 Å². The molecule has 8 heteroatoms. The second kappa shape index (κ2) is 5.48. The third-order valence-electron chi connectivity index (χ3n) is 3.11. The molecule has 110 valence electrons. The summed E-state index contributed by atoms with van der Waals surface area (Å²) in [7, 11) is 0. The number of nitrogens with zero attached hydrogens (tertiary/aromatic N) is 1. The topological polar surface area (TPSA) is 67.6 Å². The lowest BCUT2D eigenvalue weighted by atomic mass is 10.1. The number of benzene rings is 1. The maximum Gasteiger partial charge on any atom is 0.387 e. The van der Waals surface area contributed by atoms with Crippen molar-refractivity contribution in [2.75, 3.05) is 23.7 Å². The van der Waals surface area contributed by atoms with Gasteiger partial charge >= 0.3 is 6.61 Å². The smallest absolute Gasteiger partial charge is 0.387 e. The molecule has 20 heavy (non-hydrogen) atoms. The van der Waals surface area contributed by atoms with Crippen molar-refractivity contribution < 1.29 is 22.7 Å². The fourth-order valence-electron chi connectivity index (χ4n) is 2.10. The second-order valence-corrected chi connectivity index (χ2v) is 4.38. The number of piperazine rings is 1. The van der Waals surface area contributed by atoms with E-state index in [1.165, 1.54) is 0 Å². The first-order chi connectivity index (χ1) is 9.40. The van der Waals surface area contributed by atoms with E-state index >= 15 is 0 Å². The van der Waals surface area contributed by atoms with Gasteiger partial charge in [0.15, 0.2) is 11.6 Å². The van der Waals surface area contributed by atoms with Crippen LogP contribution >= 0.6 is 0 Å². The van der Waals surface area contributed by atoms with Crippen LogP contribution in [0.25, 0.3) is 0 Å². The predicted octanol–water partition coefficient (Wildman–Crippen LogP) is 1.33. The monoisotopic (exact) mass is 289 g/mol. The van der Waals surface area contributed by atoms with Gasteiger partial charge in [0.2, 0.25) is 5.91 Å². The summed E-state index contributed by atoms with van der Waals surface area (Å²) < 4.78 is 42.0. The number of nitrogen functional groups attached to an aromatic ring is 1. The van der Waals surface area contributed by atoms with Crippen LogP contribution in [-0.4, -0.2) is 31.7 Å². The zero-order valence-corrected chi connectivity index (χ0v) is 10.7. The van der Waals surface area contributed by atoms with Gasteiger partial charge in [-0.25, -0.2) is 4.39 Å². The number of amides is 1. The first-order valence-corrected chi connectivity index (χ1v) is 5.98. The number of hydrogen-bond acceptors (Lipinski definition) is 4. The fraction of sp³-hybridized carbons (Fsp3) is 0.417. The molecule has 0 bridgehead atoms. The summed E-state index contributed by atoms with van der Waals surface area (Å²) in [5, 5.41) is 2.66. The number of nitrogens with two attached hydrogens (primary N) is 1. The van der Waals surface area contributed by atoms with E-state index in [4.69, 9.17) is 5.73 Å². The quantitative estimate of drug-likeness (QED) is 0.824. The number of alkyl halides is 2. The Morgan fingerprint density at radius 3 is 2.85 bits per heavy atom. The van der Waals surface area contributed by atoms with Crippen LogP contribution in [0.3, 0.4) is 0 Å². The number of ether oxygens (including phenoxy) is 1. The molecule has 0 aromatic heterocycles. The molecule has 1 atom stereocenters. The standard InChI is InChI=1S/C12H14F3N3O2/c1-6-11(19)17-2-3-18(6)9-5-10(20-12(14)15)7(13)4-8(9)16/h4-6,12H,2-3,16H2,1H3,(H,17,19). The van der Waals surface area contributed by atoms with E-state index in [1.807, 2.05) is 0 Å². The number of halogens is 3. The van der Waals surface area contributed by atoms with E-state index in [1.54, 1.807) is 11.8 Å². The first kappa shape index (κ1) is 14.3. The lowest BCUT2D eigenvalue weighted by molar-refractivity contribution is -0.122. The van der Waals surface area contributed by atoms with Crippen molar-refractivity contribution in [2.45, 2.75) is 19.6 Å². The molecule has 1 saturated heterocycles. The number of carbonyl (C=O) groups is 1. The summed E-state index contributed by atoms with van der Waals surface area (Å²) in [5.74, 6) is -1.78. The van der Waals surface area contributed by atoms with E-state index in [-0.39, 0.29) is 11.6 Å². The Kier molecular flexibility index (Phi) is 3.91. The summed E-state index contributed by atoms with van der Waals surface area (Å²) in [4.78, 5) is 13.2. The molecule has 2 rings (SSSR count). The minimum atomic E-state index is -3.14. The number of rotatable bonds is 3. The highest BCUT2D eigenvalue weighted by atomic mass is 19.3. The molecule has 0 radical (unpaired) electrons. The van der Waals surface area contributed by atoms with E-state index in [2.05, 4.69) is 10.1 Å². The van der Waals surface area contributed by atoms with E-state index < -0.39 is 24.2 Å². The summed E-state index contributed by atoms with van der Waals surface area (Å²) in [6, 6.07) is 1.47. The molecule has 0 saturated carbocycles. The van der Waals surface area contributed by atoms with Crippen LogP contribution in [0.5, 0.6) is 5.75 Å². The van der Waals surface area contributed by atoms with Gasteiger partial charge in [0.05, 0.1) is 11.4 Å². The molecular formula is C12H14F3N3O2. The maximum atomic E-state index is 13.5. The summed E-state index contributed by atoms with van der Waals surface area (Å²) in [6.07, 6.45) is 0. The largest absolute Gasteiger partial charge is 0.432 e. The summed E-state index contributed by atoms with van der Waals surface area (Å²) in [5.41, 5.74) is 6.06. The first-order valence-electron chi connectivity index (χ1n) is 5.98. The number of carbonyl (C=O) groups excluding carboxylic acids is 1. The van der Waals surface area contributed by atoms with Crippen LogP contribution in [-0.2, 0) is 4.79 Å². The molecule has 0 aliphatic carbocycles. The fourth-order valence-corrected chi connectivity index (χ4v) is 2.10. The van der Waals surface area contributed by atoms with E-state index in [0.29, 0.717) is 18.8 Å². The highest BCUT2D eigenvalue weighted by Gasteiger charge is 2.28. The minimum Gasteiger partial charge on any atom is -0.432 e. The molecule has 1 heterocycles. The number of nitrogens with one attached hydrogen (secondary N) is 1. The number of anilines is 2. The van der Waals surface area contributed by atoms with Gasteiger partial charge in [-0.05, 0) is 6.92 Å². The Morgan fingerprint density at radius 2 is 2.20 bits per heavy atom. The SMILES string of the molecule is CC1C(=O)NCCN1c1cc(OC(F)F)c(F)cc1N. The van der Waals surface area contributed by atoms with Gasteiger partial charge in [0.25, 0.3) is 0 Å². The van der Waals surface area contributed by atoms with Gasteiger partial charge in [-0.3, -0.25) is 4.79 Å². The van der Waals surface area contributed by atoms with Crippen molar-refractivity contribution in [3.8, 4) is 5.75 Å². The minimum absolute atomic E-state index is 0.0608. The Balaban J connectivity index is 2.37. The zero-order chi connectivity index (χ0) is 14.9. The molecular weight excluding hydrogens is 275 g/mol. The van der Waals surface area contributed by atoms with Gasteiger partial charge in [-0.2, -0.15) is 8.78 Å². The molecule has 1 aromatic rings. The van der Waals surface area contributed by atoms with Crippen molar-refractivity contribution in [2.24, 2.45) is 0 Å². The van der Waals surface area contributed by atoms with Crippen molar-refractivity contribution >= 4 is 17.3 Å². The van der Waals surface area contributed by atoms with Crippen LogP contribution in [0, 0.1) is 5.82 Å². The zero-order valence-electron chi connectivity index (χ0n) is 10.7. The van der Waals surface area contributed by atoms with E-state index in [9.17, 15) is 18.0 Å². The second-order valence-electron chi connectivity index (χ2n) is 4.38. The van der Waals surface area contributed by atoms with Gasteiger partial charge in [-0.15, -0.1) is 0 Å². The molecule has 1 amide bonds. The van der Waals surface area contributed by atoms with Crippen LogP contribution in [0.15, 0.2) is 12.1 Å². The summed E-state index contributed by atoms with van der Waals surface area (Å²) in [6.45, 7) is -0.657. The third kappa shape index (κ3) is 2.73. The Hall–Kier alpha value is -2.12. The van der Waals surface area contributed by atoms with E-state index in [0.717, 1.165) is 12.1 Å². The Morgan fingerprint density at radius 1 is 1.50 bits per heavy atom. The molecule has 3 N–H and O–H groups in total. The highest BCUT2D eigenvalue weighted by Crippen LogP contribution is 2.33. The molecule has 1 unspecified atom stereocenters. The van der Waals surface area contributed by atoms with Crippen LogP contribution in [0.4, 0.5) is 24.5 Å². The van der Waals surface area contributed by atoms with Gasteiger partial charge < -0.3 is 20.7 Å². The predicted molar refractivity (Wildman–Crippen MR) is 67.3 cm³/mol. The lowest BCUT2D eigenvalue weighted by Gasteiger charge is -2.35. The maximum absolute atomic E-state index is 13.5. The van der Waals surface area contributed by atoms with Crippen molar-refractivity contribution in [1.29, 1.82) is 0 Å². The lowest BCUT2D eigenvalue weighted by Crippen LogP contribution is -2.54. The molecule has 1 aromatic carbocycles. The molecule has 5 nitrogen and oxygen atoms in total. The van der Waals surface area contributed by atoms with Crippen molar-refractivity contribution in [3.05, 3.63) is 17.9 Å². The summed E-state index contributed by atoms with van der Waals surface area (Å²) >= 11 is 0. The third-order valence-corrected chi connectivity index (χ3v) is 3.11. The van der Waals surface area contributed by atoms with Crippen LogP contribution in [0.1, 0.15) is 6.92 Å². The average Bonchev–Trinajstić information content (AvgIpc) is 2.36. The normalized spacial score (nSPS) is 19.1. The van der Waals surface area contributed by atoms with Gasteiger partial charge in [0, 0.05) is 25.2 Å². The van der Waals surface area contributed by atoms with Crippen LogP contribution < -0.4 is 20.7 Å². The average molecular weight is 289 g/mol. The number of hydrogen-bond donors (Lipinski definition) is 2. The van der Waals surface area contributed by atoms with Gasteiger partial charge in [-0.1, -0.05) is 0 Å². The Labute approximate surface area is 113 Å². The Bertz CT molecular complexity index is 525. The molecule has 1 fully saturated rings. The molecule has 1 aliphatic rings. The highest BCUT2D eigenvalue weighted by molar-refractivity contribution is 5.87. The van der Waals surface area contributed by atoms with Gasteiger partial charge in [0.1, 0.15) is 6.04 Å². The molecule has 0 spiro atoms. The van der Waals surface area contributed by atoms with Crippen molar-refractivity contribution in [1.82, 2.24) is 5.32 Å². The molecule has 1 aliphatic heterocycles. The van der Waals surface area contributed by atoms with Crippen LogP contribution in [0.2, 0.25) is 0 Å².